The summed E-state index contributed by atoms with van der Waals surface area (Å²) >= 11 is 0. The molecule has 0 amide bonds. The number of pyridine rings is 1. The lowest BCUT2D eigenvalue weighted by Gasteiger charge is -2.18. The Labute approximate surface area is 122 Å². The molecule has 0 bridgehead atoms. The van der Waals surface area contributed by atoms with Crippen molar-refractivity contribution in [3.63, 3.8) is 0 Å². The van der Waals surface area contributed by atoms with E-state index in [1.165, 1.54) is 12.1 Å². The van der Waals surface area contributed by atoms with Crippen LogP contribution in [0.4, 0.5) is 4.39 Å². The first-order valence-corrected chi connectivity index (χ1v) is 6.73. The van der Waals surface area contributed by atoms with Crippen molar-refractivity contribution in [1.29, 1.82) is 0 Å². The first kappa shape index (κ1) is 13.5. The first-order valence-electron chi connectivity index (χ1n) is 6.73. The molecule has 0 aliphatic carbocycles. The van der Waals surface area contributed by atoms with Gasteiger partial charge in [0, 0.05) is 24.2 Å². The van der Waals surface area contributed by atoms with Gasteiger partial charge >= 0.3 is 0 Å². The number of nitrogens with zero attached hydrogens (tertiary/aromatic N) is 1. The lowest BCUT2D eigenvalue weighted by atomic mass is 10.1. The van der Waals surface area contributed by atoms with E-state index in [4.69, 9.17) is 10.5 Å². The molecule has 3 rings (SSSR count). The number of halogens is 1. The number of ether oxygens (including phenoxy) is 1. The van der Waals surface area contributed by atoms with Gasteiger partial charge in [0.15, 0.2) is 0 Å². The summed E-state index contributed by atoms with van der Waals surface area (Å²) in [7, 11) is 0. The van der Waals surface area contributed by atoms with Crippen molar-refractivity contribution < 1.29 is 9.13 Å². The molecule has 0 aliphatic rings. The van der Waals surface area contributed by atoms with Crippen molar-refractivity contribution >= 4 is 10.9 Å². The van der Waals surface area contributed by atoms with Crippen LogP contribution in [0.1, 0.15) is 11.7 Å². The van der Waals surface area contributed by atoms with Gasteiger partial charge in [-0.1, -0.05) is 18.2 Å². The Balaban J connectivity index is 1.88. The number of hydrogen-bond donors (Lipinski definition) is 1. The number of benzene rings is 2. The number of fused-ring (bicyclic) bond motifs is 1. The van der Waals surface area contributed by atoms with Crippen LogP contribution < -0.4 is 10.5 Å². The van der Waals surface area contributed by atoms with Crippen LogP contribution in [-0.4, -0.2) is 11.5 Å². The summed E-state index contributed by atoms with van der Waals surface area (Å²) in [6.45, 7) is 0.268. The highest BCUT2D eigenvalue weighted by Gasteiger charge is 2.12. The maximum atomic E-state index is 13.3. The average Bonchev–Trinajstić information content (AvgIpc) is 2.52. The second kappa shape index (κ2) is 5.89. The Kier molecular flexibility index (Phi) is 3.79. The van der Waals surface area contributed by atoms with Gasteiger partial charge in [0.2, 0.25) is 0 Å². The van der Waals surface area contributed by atoms with Crippen LogP contribution in [0.5, 0.6) is 5.75 Å². The lowest BCUT2D eigenvalue weighted by molar-refractivity contribution is 0.214. The molecule has 0 saturated carbocycles. The van der Waals surface area contributed by atoms with Gasteiger partial charge in [-0.3, -0.25) is 4.98 Å². The number of hydrogen-bond acceptors (Lipinski definition) is 3. The second-order valence-corrected chi connectivity index (χ2v) is 4.76. The van der Waals surface area contributed by atoms with E-state index in [-0.39, 0.29) is 18.5 Å². The third-order valence-corrected chi connectivity index (χ3v) is 3.29. The minimum absolute atomic E-state index is 0.268. The monoisotopic (exact) mass is 282 g/mol. The summed E-state index contributed by atoms with van der Waals surface area (Å²) in [4.78, 5) is 4.29. The van der Waals surface area contributed by atoms with Gasteiger partial charge in [0.1, 0.15) is 17.7 Å². The molecule has 3 nitrogen and oxygen atoms in total. The highest BCUT2D eigenvalue weighted by Crippen LogP contribution is 2.24. The zero-order chi connectivity index (χ0) is 14.7. The van der Waals surface area contributed by atoms with E-state index < -0.39 is 0 Å². The van der Waals surface area contributed by atoms with Crippen LogP contribution in [0, 0.1) is 5.82 Å². The van der Waals surface area contributed by atoms with Crippen molar-refractivity contribution in [3.05, 3.63) is 72.2 Å². The Bertz CT molecular complexity index is 760. The van der Waals surface area contributed by atoms with Crippen LogP contribution in [0.3, 0.4) is 0 Å². The fraction of sp³-hybridized carbons (Fsp3) is 0.118. The van der Waals surface area contributed by atoms with Crippen molar-refractivity contribution in [2.24, 2.45) is 5.73 Å². The maximum Gasteiger partial charge on any atom is 0.136 e. The predicted molar refractivity (Wildman–Crippen MR) is 80.6 cm³/mol. The first-order chi connectivity index (χ1) is 10.3. The molecule has 1 unspecified atom stereocenters. The number of rotatable bonds is 4. The van der Waals surface area contributed by atoms with Crippen molar-refractivity contribution in [2.45, 2.75) is 6.10 Å². The smallest absolute Gasteiger partial charge is 0.136 e. The summed E-state index contributed by atoms with van der Waals surface area (Å²) < 4.78 is 19.2. The van der Waals surface area contributed by atoms with E-state index in [2.05, 4.69) is 4.98 Å². The van der Waals surface area contributed by atoms with Crippen molar-refractivity contribution in [3.8, 4) is 5.75 Å². The molecule has 106 valence electrons. The molecule has 1 atom stereocenters. The number of nitrogens with two attached hydrogens (primary N) is 1. The largest absolute Gasteiger partial charge is 0.484 e. The minimum atomic E-state index is -0.387. The molecule has 2 N–H and O–H groups in total. The van der Waals surface area contributed by atoms with Crippen LogP contribution >= 0.6 is 0 Å². The molecule has 1 aromatic heterocycles. The van der Waals surface area contributed by atoms with Gasteiger partial charge in [0.25, 0.3) is 0 Å². The van der Waals surface area contributed by atoms with E-state index in [0.717, 1.165) is 16.5 Å². The van der Waals surface area contributed by atoms with E-state index in [9.17, 15) is 4.39 Å². The van der Waals surface area contributed by atoms with E-state index in [1.54, 1.807) is 18.3 Å². The zero-order valence-electron chi connectivity index (χ0n) is 11.4. The molecule has 1 heterocycles. The highest BCUT2D eigenvalue weighted by atomic mass is 19.1. The van der Waals surface area contributed by atoms with Gasteiger partial charge < -0.3 is 10.5 Å². The Hall–Kier alpha value is -2.46. The average molecular weight is 282 g/mol. The molecule has 0 saturated heterocycles. The van der Waals surface area contributed by atoms with Gasteiger partial charge in [0.05, 0.1) is 5.52 Å². The molecule has 3 aromatic rings. The predicted octanol–water partition coefficient (Wildman–Crippen LogP) is 3.45. The summed E-state index contributed by atoms with van der Waals surface area (Å²) in [5.74, 6) is 0.371. The highest BCUT2D eigenvalue weighted by molar-refractivity contribution is 5.79. The summed E-state index contributed by atoms with van der Waals surface area (Å²) in [5.41, 5.74) is 7.33. The van der Waals surface area contributed by atoms with Gasteiger partial charge in [-0.15, -0.1) is 0 Å². The van der Waals surface area contributed by atoms with Crippen molar-refractivity contribution in [2.75, 3.05) is 6.54 Å². The Morgan fingerprint density at radius 1 is 1.10 bits per heavy atom. The molecule has 4 heteroatoms. The standard InChI is InChI=1S/C17H15FN2O/c18-14-5-1-3-13(9-14)17(11-19)21-15-7-6-12-4-2-8-20-16(12)10-15/h1-10,17H,11,19H2. The number of aromatic nitrogens is 1. The normalized spacial score (nSPS) is 12.3. The fourth-order valence-electron chi connectivity index (χ4n) is 2.24. The molecular formula is C17H15FN2O. The molecule has 0 fully saturated rings. The third-order valence-electron chi connectivity index (χ3n) is 3.29. The molecule has 0 radical (unpaired) electrons. The van der Waals surface area contributed by atoms with Gasteiger partial charge in [-0.25, -0.2) is 4.39 Å². The third kappa shape index (κ3) is 3.01. The second-order valence-electron chi connectivity index (χ2n) is 4.76. The topological polar surface area (TPSA) is 48.1 Å². The Morgan fingerprint density at radius 3 is 2.81 bits per heavy atom. The zero-order valence-corrected chi connectivity index (χ0v) is 11.4. The quantitative estimate of drug-likeness (QED) is 0.797. The van der Waals surface area contributed by atoms with E-state index in [0.29, 0.717) is 5.75 Å². The van der Waals surface area contributed by atoms with Crippen LogP contribution in [0.2, 0.25) is 0 Å². The molecule has 2 aromatic carbocycles. The maximum absolute atomic E-state index is 13.3. The van der Waals surface area contributed by atoms with Crippen LogP contribution in [0.25, 0.3) is 10.9 Å². The molecule has 0 aliphatic heterocycles. The van der Waals surface area contributed by atoms with Crippen LogP contribution in [-0.2, 0) is 0 Å². The van der Waals surface area contributed by atoms with Crippen LogP contribution in [0.15, 0.2) is 60.8 Å². The van der Waals surface area contributed by atoms with E-state index >= 15 is 0 Å². The van der Waals surface area contributed by atoms with Crippen molar-refractivity contribution in [1.82, 2.24) is 4.98 Å². The Morgan fingerprint density at radius 2 is 2.00 bits per heavy atom. The summed E-state index contributed by atoms with van der Waals surface area (Å²) in [6.07, 6.45) is 1.35. The fourth-order valence-corrected chi connectivity index (χ4v) is 2.24. The molecule has 0 spiro atoms. The summed E-state index contributed by atoms with van der Waals surface area (Å²) in [5, 5.41) is 1.04. The minimum Gasteiger partial charge on any atom is -0.484 e. The molecular weight excluding hydrogens is 267 g/mol. The lowest BCUT2D eigenvalue weighted by Crippen LogP contribution is -2.18. The summed E-state index contributed by atoms with van der Waals surface area (Å²) in [6, 6.07) is 15.8. The van der Waals surface area contributed by atoms with Gasteiger partial charge in [-0.2, -0.15) is 0 Å². The van der Waals surface area contributed by atoms with Gasteiger partial charge in [-0.05, 0) is 35.9 Å². The van der Waals surface area contributed by atoms with E-state index in [1.807, 2.05) is 30.3 Å². The molecule has 21 heavy (non-hydrogen) atoms. The SMILES string of the molecule is NCC(Oc1ccc2cccnc2c1)c1cccc(F)c1.